The van der Waals surface area contributed by atoms with Crippen molar-refractivity contribution in [1.29, 1.82) is 0 Å². The summed E-state index contributed by atoms with van der Waals surface area (Å²) in [5.41, 5.74) is 3.63. The van der Waals surface area contributed by atoms with Crippen LogP contribution in [0.4, 0.5) is 10.1 Å². The first-order valence-electron chi connectivity index (χ1n) is 7.66. The predicted octanol–water partition coefficient (Wildman–Crippen LogP) is 4.61. The summed E-state index contributed by atoms with van der Waals surface area (Å²) in [5, 5.41) is 9.45. The number of phenolic OH excluding ortho intramolecular Hbond substituents is 1. The molecule has 2 aromatic rings. The SMILES string of the molecule is Cc1cc(/C=C/c2ccc(N3CCCC3)cc2)cc(F)c1O. The Bertz CT molecular complexity index is 662. The van der Waals surface area contributed by atoms with Gasteiger partial charge in [-0.15, -0.1) is 0 Å². The molecule has 2 nitrogen and oxygen atoms in total. The summed E-state index contributed by atoms with van der Waals surface area (Å²) < 4.78 is 13.5. The van der Waals surface area contributed by atoms with Crippen LogP contribution >= 0.6 is 0 Å². The molecular weight excluding hydrogens is 277 g/mol. The average Bonchev–Trinajstić information content (AvgIpc) is 3.05. The number of hydrogen-bond donors (Lipinski definition) is 1. The van der Waals surface area contributed by atoms with E-state index in [4.69, 9.17) is 0 Å². The van der Waals surface area contributed by atoms with Crippen LogP contribution in [-0.4, -0.2) is 18.2 Å². The van der Waals surface area contributed by atoms with Crippen molar-refractivity contribution < 1.29 is 9.50 Å². The maximum atomic E-state index is 13.5. The minimum Gasteiger partial charge on any atom is -0.505 e. The molecule has 1 saturated heterocycles. The summed E-state index contributed by atoms with van der Waals surface area (Å²) in [5.74, 6) is -0.851. The van der Waals surface area contributed by atoms with E-state index in [1.165, 1.54) is 24.6 Å². The Balaban J connectivity index is 1.75. The molecule has 0 saturated carbocycles. The zero-order chi connectivity index (χ0) is 15.5. The normalized spacial score (nSPS) is 14.9. The van der Waals surface area contributed by atoms with Crippen molar-refractivity contribution in [2.45, 2.75) is 19.8 Å². The van der Waals surface area contributed by atoms with Crippen LogP contribution in [0.3, 0.4) is 0 Å². The maximum absolute atomic E-state index is 13.5. The van der Waals surface area contributed by atoms with Crippen molar-refractivity contribution >= 4 is 17.8 Å². The smallest absolute Gasteiger partial charge is 0.165 e. The summed E-state index contributed by atoms with van der Waals surface area (Å²) in [6, 6.07) is 11.5. The first-order valence-corrected chi connectivity index (χ1v) is 7.66. The Morgan fingerprint density at radius 3 is 2.27 bits per heavy atom. The number of rotatable bonds is 3. The van der Waals surface area contributed by atoms with Crippen LogP contribution < -0.4 is 4.90 Å². The second-order valence-electron chi connectivity index (χ2n) is 5.79. The van der Waals surface area contributed by atoms with E-state index in [-0.39, 0.29) is 5.75 Å². The van der Waals surface area contributed by atoms with Gasteiger partial charge in [0.1, 0.15) is 0 Å². The highest BCUT2D eigenvalue weighted by atomic mass is 19.1. The molecule has 2 aromatic carbocycles. The predicted molar refractivity (Wildman–Crippen MR) is 89.6 cm³/mol. The van der Waals surface area contributed by atoms with Crippen LogP contribution in [0, 0.1) is 12.7 Å². The van der Waals surface area contributed by atoms with E-state index < -0.39 is 5.82 Å². The Hall–Kier alpha value is -2.29. The molecule has 0 amide bonds. The quantitative estimate of drug-likeness (QED) is 0.836. The van der Waals surface area contributed by atoms with Gasteiger partial charge in [-0.1, -0.05) is 24.3 Å². The van der Waals surface area contributed by atoms with E-state index in [0.717, 1.165) is 24.2 Å². The van der Waals surface area contributed by atoms with Gasteiger partial charge in [0.15, 0.2) is 11.6 Å². The first kappa shape index (κ1) is 14.6. The second kappa shape index (κ2) is 6.22. The number of benzene rings is 2. The molecule has 0 aromatic heterocycles. The highest BCUT2D eigenvalue weighted by Crippen LogP contribution is 2.24. The molecular formula is C19H20FNO. The van der Waals surface area contributed by atoms with Gasteiger partial charge in [0.2, 0.25) is 0 Å². The van der Waals surface area contributed by atoms with Crippen LogP contribution in [-0.2, 0) is 0 Å². The Morgan fingerprint density at radius 1 is 1.00 bits per heavy atom. The fourth-order valence-electron chi connectivity index (χ4n) is 2.82. The van der Waals surface area contributed by atoms with Crippen molar-refractivity contribution in [3.05, 3.63) is 58.9 Å². The third-order valence-electron chi connectivity index (χ3n) is 4.11. The molecule has 0 atom stereocenters. The second-order valence-corrected chi connectivity index (χ2v) is 5.79. The molecule has 0 radical (unpaired) electrons. The third kappa shape index (κ3) is 3.14. The zero-order valence-electron chi connectivity index (χ0n) is 12.7. The summed E-state index contributed by atoms with van der Waals surface area (Å²) in [6.07, 6.45) is 6.36. The van der Waals surface area contributed by atoms with E-state index in [1.54, 1.807) is 13.0 Å². The van der Waals surface area contributed by atoms with Gasteiger partial charge in [0.25, 0.3) is 0 Å². The lowest BCUT2D eigenvalue weighted by molar-refractivity contribution is 0.428. The lowest BCUT2D eigenvalue weighted by Gasteiger charge is -2.17. The lowest BCUT2D eigenvalue weighted by atomic mass is 10.1. The van der Waals surface area contributed by atoms with E-state index in [1.807, 2.05) is 12.2 Å². The Labute approximate surface area is 130 Å². The molecule has 0 aliphatic carbocycles. The van der Waals surface area contributed by atoms with Crippen molar-refractivity contribution in [3.8, 4) is 5.75 Å². The minimum absolute atomic E-state index is 0.271. The van der Waals surface area contributed by atoms with Crippen LogP contribution in [0.5, 0.6) is 5.75 Å². The number of anilines is 1. The molecule has 114 valence electrons. The summed E-state index contributed by atoms with van der Waals surface area (Å²) in [7, 11) is 0. The van der Waals surface area contributed by atoms with Crippen LogP contribution in [0.15, 0.2) is 36.4 Å². The van der Waals surface area contributed by atoms with Gasteiger partial charge in [0, 0.05) is 18.8 Å². The van der Waals surface area contributed by atoms with E-state index in [2.05, 4.69) is 29.2 Å². The molecule has 1 aliphatic heterocycles. The van der Waals surface area contributed by atoms with E-state index in [0.29, 0.717) is 5.56 Å². The standard InChI is InChI=1S/C19H20FNO/c1-14-12-16(13-18(20)19(14)22)5-4-15-6-8-17(9-7-15)21-10-2-3-11-21/h4-9,12-13,22H,2-3,10-11H2,1H3/b5-4+. The van der Waals surface area contributed by atoms with Gasteiger partial charge in [0.05, 0.1) is 0 Å². The lowest BCUT2D eigenvalue weighted by Crippen LogP contribution is -2.17. The molecule has 22 heavy (non-hydrogen) atoms. The zero-order valence-corrected chi connectivity index (χ0v) is 12.7. The highest BCUT2D eigenvalue weighted by molar-refractivity contribution is 5.71. The third-order valence-corrected chi connectivity index (χ3v) is 4.11. The Kier molecular flexibility index (Phi) is 4.14. The van der Waals surface area contributed by atoms with Gasteiger partial charge < -0.3 is 10.0 Å². The van der Waals surface area contributed by atoms with Crippen molar-refractivity contribution in [3.63, 3.8) is 0 Å². The first-order chi connectivity index (χ1) is 10.6. The fraction of sp³-hybridized carbons (Fsp3) is 0.263. The summed E-state index contributed by atoms with van der Waals surface area (Å²) in [6.45, 7) is 3.98. The number of halogens is 1. The van der Waals surface area contributed by atoms with Crippen molar-refractivity contribution in [2.75, 3.05) is 18.0 Å². The average molecular weight is 297 g/mol. The van der Waals surface area contributed by atoms with Gasteiger partial charge in [-0.05, 0) is 60.7 Å². The number of aryl methyl sites for hydroxylation is 1. The maximum Gasteiger partial charge on any atom is 0.165 e. The fourth-order valence-corrected chi connectivity index (χ4v) is 2.82. The summed E-state index contributed by atoms with van der Waals surface area (Å²) in [4.78, 5) is 2.40. The number of nitrogens with zero attached hydrogens (tertiary/aromatic N) is 1. The van der Waals surface area contributed by atoms with Crippen LogP contribution in [0.2, 0.25) is 0 Å². The van der Waals surface area contributed by atoms with Crippen LogP contribution in [0.1, 0.15) is 29.5 Å². The molecule has 0 unspecified atom stereocenters. The van der Waals surface area contributed by atoms with Crippen LogP contribution in [0.25, 0.3) is 12.2 Å². The topological polar surface area (TPSA) is 23.5 Å². The molecule has 1 fully saturated rings. The highest BCUT2D eigenvalue weighted by Gasteiger charge is 2.11. The van der Waals surface area contributed by atoms with Gasteiger partial charge in [-0.3, -0.25) is 0 Å². The van der Waals surface area contributed by atoms with Crippen molar-refractivity contribution in [2.24, 2.45) is 0 Å². The molecule has 3 heteroatoms. The van der Waals surface area contributed by atoms with Gasteiger partial charge in [-0.25, -0.2) is 4.39 Å². The summed E-state index contributed by atoms with van der Waals surface area (Å²) >= 11 is 0. The van der Waals surface area contributed by atoms with E-state index in [9.17, 15) is 9.50 Å². The van der Waals surface area contributed by atoms with Gasteiger partial charge in [-0.2, -0.15) is 0 Å². The van der Waals surface area contributed by atoms with Gasteiger partial charge >= 0.3 is 0 Å². The molecule has 1 heterocycles. The molecule has 0 bridgehead atoms. The monoisotopic (exact) mass is 297 g/mol. The number of hydrogen-bond acceptors (Lipinski definition) is 2. The molecule has 0 spiro atoms. The number of aromatic hydroxyl groups is 1. The number of phenols is 1. The molecule has 3 rings (SSSR count). The Morgan fingerprint density at radius 2 is 1.64 bits per heavy atom. The minimum atomic E-state index is -0.580. The van der Waals surface area contributed by atoms with E-state index >= 15 is 0 Å². The molecule has 1 N–H and O–H groups in total. The largest absolute Gasteiger partial charge is 0.505 e. The molecule has 1 aliphatic rings. The van der Waals surface area contributed by atoms with Crippen molar-refractivity contribution in [1.82, 2.24) is 0 Å².